The van der Waals surface area contributed by atoms with Gasteiger partial charge in [-0.25, -0.2) is 9.59 Å². The van der Waals surface area contributed by atoms with E-state index in [1.807, 2.05) is 30.3 Å². The number of ether oxygens (including phenoxy) is 1. The second-order valence-corrected chi connectivity index (χ2v) is 7.41. The Morgan fingerprint density at radius 3 is 2.52 bits per heavy atom. The van der Waals surface area contributed by atoms with Crippen molar-refractivity contribution in [2.75, 3.05) is 5.32 Å². The van der Waals surface area contributed by atoms with Crippen LogP contribution < -0.4 is 16.6 Å². The molecule has 0 saturated heterocycles. The van der Waals surface area contributed by atoms with Crippen LogP contribution in [0.5, 0.6) is 0 Å². The normalized spacial score (nSPS) is 15.3. The van der Waals surface area contributed by atoms with Crippen molar-refractivity contribution in [2.24, 2.45) is 14.1 Å². The number of nitrogens with one attached hydrogen (secondary N) is 1. The predicted octanol–water partition coefficient (Wildman–Crippen LogP) is 2.05. The number of nitrogens with zero attached hydrogens (tertiary/aromatic N) is 3. The maximum absolute atomic E-state index is 13.2. The monoisotopic (exact) mass is 418 g/mol. The fourth-order valence-electron chi connectivity index (χ4n) is 3.84. The Bertz CT molecular complexity index is 1290. The van der Waals surface area contributed by atoms with E-state index in [9.17, 15) is 14.4 Å². The molecule has 0 saturated carbocycles. The first-order chi connectivity index (χ1) is 14.9. The van der Waals surface area contributed by atoms with Gasteiger partial charge in [-0.15, -0.1) is 0 Å². The average molecular weight is 418 g/mol. The van der Waals surface area contributed by atoms with Crippen molar-refractivity contribution in [2.45, 2.75) is 19.4 Å². The largest absolute Gasteiger partial charge is 0.457 e. The number of anilines is 1. The summed E-state index contributed by atoms with van der Waals surface area (Å²) >= 11 is 0. The topological polar surface area (TPSA) is 95.2 Å². The van der Waals surface area contributed by atoms with E-state index >= 15 is 0 Å². The second kappa shape index (κ2) is 8.06. The Hall–Kier alpha value is -3.94. The van der Waals surface area contributed by atoms with Crippen molar-refractivity contribution in [3.63, 3.8) is 0 Å². The molecule has 158 valence electrons. The number of allylic oxidation sites excluding steroid dienone is 1. The van der Waals surface area contributed by atoms with Gasteiger partial charge in [-0.05, 0) is 24.1 Å². The van der Waals surface area contributed by atoms with Crippen molar-refractivity contribution in [1.82, 2.24) is 14.1 Å². The van der Waals surface area contributed by atoms with Crippen LogP contribution in [0.15, 0.2) is 75.7 Å². The fraction of sp³-hybridized carbons (Fsp3) is 0.217. The number of hydrogen-bond donors (Lipinski definition) is 1. The van der Waals surface area contributed by atoms with Gasteiger partial charge in [0, 0.05) is 32.2 Å². The van der Waals surface area contributed by atoms with Crippen LogP contribution in [-0.4, -0.2) is 20.1 Å². The van der Waals surface area contributed by atoms with Crippen molar-refractivity contribution in [3.05, 3.63) is 104 Å². The van der Waals surface area contributed by atoms with Crippen LogP contribution in [0.4, 0.5) is 5.82 Å². The van der Waals surface area contributed by atoms with E-state index in [4.69, 9.17) is 4.74 Å². The molecular weight excluding hydrogens is 396 g/mol. The van der Waals surface area contributed by atoms with E-state index in [-0.39, 0.29) is 6.61 Å². The molecule has 31 heavy (non-hydrogen) atoms. The van der Waals surface area contributed by atoms with Gasteiger partial charge in [0.1, 0.15) is 12.4 Å². The Morgan fingerprint density at radius 2 is 1.84 bits per heavy atom. The number of carbonyl (C=O) groups is 1. The Morgan fingerprint density at radius 1 is 1.10 bits per heavy atom. The number of benzene rings is 1. The first-order valence-electron chi connectivity index (χ1n) is 9.78. The Kier molecular flexibility index (Phi) is 5.29. The molecule has 4 rings (SSSR count). The maximum atomic E-state index is 13.2. The number of aromatic nitrogens is 3. The zero-order chi connectivity index (χ0) is 22.1. The first-order valence-corrected chi connectivity index (χ1v) is 9.78. The molecule has 0 radical (unpaired) electrons. The molecule has 2 aromatic heterocycles. The molecule has 0 bridgehead atoms. The third kappa shape index (κ3) is 3.56. The quantitative estimate of drug-likeness (QED) is 0.652. The molecule has 0 unspecified atom stereocenters. The van der Waals surface area contributed by atoms with E-state index in [0.717, 1.165) is 10.1 Å². The molecule has 0 fully saturated rings. The van der Waals surface area contributed by atoms with Crippen LogP contribution in [0.2, 0.25) is 0 Å². The third-order valence-electron chi connectivity index (χ3n) is 5.44. The number of fused-ring (bicyclic) bond motifs is 1. The third-order valence-corrected chi connectivity index (χ3v) is 5.44. The van der Waals surface area contributed by atoms with Crippen LogP contribution in [0.1, 0.15) is 29.5 Å². The fourth-order valence-corrected chi connectivity index (χ4v) is 3.84. The van der Waals surface area contributed by atoms with Crippen LogP contribution in [-0.2, 0) is 30.2 Å². The molecule has 1 N–H and O–H groups in total. The molecule has 8 nitrogen and oxygen atoms in total. The van der Waals surface area contributed by atoms with Gasteiger partial charge in [-0.3, -0.25) is 18.9 Å². The summed E-state index contributed by atoms with van der Waals surface area (Å²) in [7, 11) is 3.00. The molecule has 3 aromatic rings. The predicted molar refractivity (Wildman–Crippen MR) is 116 cm³/mol. The lowest BCUT2D eigenvalue weighted by molar-refractivity contribution is -0.140. The van der Waals surface area contributed by atoms with Crippen LogP contribution in [0.25, 0.3) is 0 Å². The van der Waals surface area contributed by atoms with E-state index < -0.39 is 23.1 Å². The van der Waals surface area contributed by atoms with Crippen molar-refractivity contribution >= 4 is 11.8 Å². The summed E-state index contributed by atoms with van der Waals surface area (Å²) in [5.74, 6) is -0.901. The highest BCUT2D eigenvalue weighted by atomic mass is 16.5. The summed E-state index contributed by atoms with van der Waals surface area (Å²) in [6, 6.07) is 12.9. The SMILES string of the molecule is CC1=C(C(=O)OCc2ccccc2)[C@H](c2cccnc2)c2c(n(C)c(=O)n(C)c2=O)N1. The summed E-state index contributed by atoms with van der Waals surface area (Å²) < 4.78 is 8.00. The van der Waals surface area contributed by atoms with Gasteiger partial charge in [0.05, 0.1) is 17.1 Å². The van der Waals surface area contributed by atoms with E-state index in [1.54, 1.807) is 38.5 Å². The molecule has 1 aliphatic heterocycles. The lowest BCUT2D eigenvalue weighted by Gasteiger charge is -2.30. The van der Waals surface area contributed by atoms with Gasteiger partial charge < -0.3 is 10.1 Å². The maximum Gasteiger partial charge on any atom is 0.337 e. The number of pyridine rings is 1. The first kappa shape index (κ1) is 20.3. The summed E-state index contributed by atoms with van der Waals surface area (Å²) in [6.07, 6.45) is 3.23. The minimum Gasteiger partial charge on any atom is -0.457 e. The van der Waals surface area contributed by atoms with Crippen molar-refractivity contribution in [1.29, 1.82) is 0 Å². The summed E-state index contributed by atoms with van der Waals surface area (Å²) in [5.41, 5.74) is 1.72. The lowest BCUT2D eigenvalue weighted by atomic mass is 9.83. The number of carbonyl (C=O) groups excluding carboxylic acids is 1. The van der Waals surface area contributed by atoms with Gasteiger partial charge in [-0.2, -0.15) is 0 Å². The number of rotatable bonds is 4. The summed E-state index contributed by atoms with van der Waals surface area (Å²) in [4.78, 5) is 43.0. The summed E-state index contributed by atoms with van der Waals surface area (Å²) in [5, 5.41) is 3.07. The molecule has 3 heterocycles. The number of esters is 1. The highest BCUT2D eigenvalue weighted by Crippen LogP contribution is 2.39. The minimum absolute atomic E-state index is 0.106. The van der Waals surface area contributed by atoms with E-state index in [0.29, 0.717) is 28.2 Å². The van der Waals surface area contributed by atoms with Gasteiger partial charge in [0.15, 0.2) is 0 Å². The van der Waals surface area contributed by atoms with Crippen LogP contribution >= 0.6 is 0 Å². The standard InChI is InChI=1S/C23H22N4O4/c1-14-17(22(29)31-13-15-8-5-4-6-9-15)18(16-10-7-11-24-12-16)19-20(25-14)26(2)23(30)27(3)21(19)28/h4-12,18,25H,13H2,1-3H3/t18-/m0/s1. The average Bonchev–Trinajstić information content (AvgIpc) is 2.80. The highest BCUT2D eigenvalue weighted by Gasteiger charge is 2.37. The van der Waals surface area contributed by atoms with Crippen molar-refractivity contribution < 1.29 is 9.53 Å². The van der Waals surface area contributed by atoms with Gasteiger partial charge >= 0.3 is 11.7 Å². The second-order valence-electron chi connectivity index (χ2n) is 7.41. The Labute approximate surface area is 178 Å². The molecule has 8 heteroatoms. The smallest absolute Gasteiger partial charge is 0.337 e. The molecule has 1 aromatic carbocycles. The minimum atomic E-state index is -0.723. The van der Waals surface area contributed by atoms with Crippen LogP contribution in [0.3, 0.4) is 0 Å². The lowest BCUT2D eigenvalue weighted by Crippen LogP contribution is -2.43. The van der Waals surface area contributed by atoms with Crippen LogP contribution in [0, 0.1) is 0 Å². The molecule has 0 spiro atoms. The molecular formula is C23H22N4O4. The van der Waals surface area contributed by atoms with Gasteiger partial charge in [0.2, 0.25) is 0 Å². The Balaban J connectivity index is 1.84. The molecule has 1 aliphatic rings. The van der Waals surface area contributed by atoms with Gasteiger partial charge in [-0.1, -0.05) is 36.4 Å². The van der Waals surface area contributed by atoms with E-state index in [2.05, 4.69) is 10.3 Å². The van der Waals surface area contributed by atoms with Crippen molar-refractivity contribution in [3.8, 4) is 0 Å². The molecule has 0 amide bonds. The molecule has 0 aliphatic carbocycles. The highest BCUT2D eigenvalue weighted by molar-refractivity contribution is 5.94. The zero-order valence-corrected chi connectivity index (χ0v) is 17.5. The van der Waals surface area contributed by atoms with Gasteiger partial charge in [0.25, 0.3) is 5.56 Å². The summed E-state index contributed by atoms with van der Waals surface area (Å²) in [6.45, 7) is 1.84. The zero-order valence-electron chi connectivity index (χ0n) is 17.5. The number of hydrogen-bond acceptors (Lipinski definition) is 6. The molecule has 1 atom stereocenters. The van der Waals surface area contributed by atoms with E-state index in [1.165, 1.54) is 11.6 Å².